The quantitative estimate of drug-likeness (QED) is 0.154. The lowest BCUT2D eigenvalue weighted by Gasteiger charge is -2.55. The number of amides is 3. The van der Waals surface area contributed by atoms with E-state index in [0.717, 1.165) is 83.3 Å². The van der Waals surface area contributed by atoms with E-state index in [1.807, 2.05) is 24.5 Å². The van der Waals surface area contributed by atoms with E-state index in [1.54, 1.807) is 4.90 Å². The fraction of sp³-hybridized carbons (Fsp3) is 0.400. The van der Waals surface area contributed by atoms with Gasteiger partial charge >= 0.3 is 6.03 Å². The summed E-state index contributed by atoms with van der Waals surface area (Å²) < 4.78 is 5.73. The number of hydrogen-bond acceptors (Lipinski definition) is 11. The molecule has 0 saturated carbocycles. The minimum Gasteiger partial charge on any atom is -0.474 e. The molecule has 0 unspecified atom stereocenters. The summed E-state index contributed by atoms with van der Waals surface area (Å²) in [5, 5.41) is 10.3. The van der Waals surface area contributed by atoms with Crippen LogP contribution in [0.4, 0.5) is 39.2 Å². The third-order valence-corrected chi connectivity index (χ3v) is 13.0. The molecule has 5 aliphatic heterocycles. The van der Waals surface area contributed by atoms with Crippen molar-refractivity contribution in [2.75, 3.05) is 90.8 Å². The molecule has 3 amide bonds. The van der Waals surface area contributed by atoms with Crippen molar-refractivity contribution < 1.29 is 14.3 Å². The maximum atomic E-state index is 12.2. The Morgan fingerprint density at radius 2 is 1.57 bits per heavy atom. The Hall–Kier alpha value is -5.95. The SMILES string of the molecule is Cc1c(-c2ccc3cnc(Nc4ccc(N5CCC6(CC5)CN(CC5CCN(c7ccc(N8CCC(=O)NC8=O)cc7)CC5)C6)cc4)nc3c2)cnc2c1NCCO2. The molecule has 0 atom stereocenters. The standard InChI is InChI=1S/C45H50N10O3/c1-30-38(26-47-42-41(30)46-17-23-58-42)32-2-3-33-25-48-43(50-39(33)24-32)49-34-4-6-35(7-5-34)54-21-15-45(16-22-54)28-52(29-45)27-31-12-18-53(19-13-31)36-8-10-37(11-9-36)55-20-14-40(56)51-44(55)57/h2-11,24-26,31,46H,12-23,27-29H2,1H3,(H,48,49,50)(H,51,56,57). The summed E-state index contributed by atoms with van der Waals surface area (Å²) in [6.45, 7) is 11.9. The molecule has 0 aliphatic carbocycles. The first-order chi connectivity index (χ1) is 28.3. The maximum absolute atomic E-state index is 12.2. The van der Waals surface area contributed by atoms with Crippen LogP contribution in [-0.2, 0) is 4.79 Å². The van der Waals surface area contributed by atoms with Crippen molar-refractivity contribution in [2.45, 2.75) is 39.0 Å². The number of fused-ring (bicyclic) bond motifs is 2. The molecule has 58 heavy (non-hydrogen) atoms. The number of benzene rings is 3. The molecule has 5 aliphatic rings. The molecule has 298 valence electrons. The van der Waals surface area contributed by atoms with Gasteiger partial charge < -0.3 is 30.1 Å². The van der Waals surface area contributed by atoms with Crippen molar-refractivity contribution in [3.63, 3.8) is 0 Å². The second kappa shape index (κ2) is 15.1. The maximum Gasteiger partial charge on any atom is 0.328 e. The van der Waals surface area contributed by atoms with Gasteiger partial charge in [0.05, 0.1) is 5.52 Å². The van der Waals surface area contributed by atoms with E-state index in [9.17, 15) is 9.59 Å². The average molecular weight is 779 g/mol. The Bertz CT molecular complexity index is 2330. The van der Waals surface area contributed by atoms with Crippen LogP contribution < -0.4 is 35.4 Å². The molecule has 0 bridgehead atoms. The lowest BCUT2D eigenvalue weighted by atomic mass is 9.71. The number of hydrogen-bond donors (Lipinski definition) is 3. The van der Waals surface area contributed by atoms with Crippen LogP contribution in [0, 0.1) is 18.3 Å². The van der Waals surface area contributed by atoms with Crippen LogP contribution >= 0.6 is 0 Å². The minimum absolute atomic E-state index is 0.207. The molecular formula is C45H50N10O3. The van der Waals surface area contributed by atoms with Gasteiger partial charge in [-0.3, -0.25) is 15.0 Å². The van der Waals surface area contributed by atoms with Crippen LogP contribution in [-0.4, -0.2) is 97.3 Å². The lowest BCUT2D eigenvalue weighted by molar-refractivity contribution is -0.120. The molecule has 0 radical (unpaired) electrons. The Balaban J connectivity index is 0.683. The molecule has 4 fully saturated rings. The number of aromatic nitrogens is 3. The van der Waals surface area contributed by atoms with Gasteiger partial charge in [0.1, 0.15) is 12.3 Å². The molecule has 13 heteroatoms. The number of anilines is 6. The molecule has 10 rings (SSSR count). The Morgan fingerprint density at radius 1 is 0.845 bits per heavy atom. The molecule has 3 aromatic carbocycles. The topological polar surface area (TPSA) is 131 Å². The predicted molar refractivity (Wildman–Crippen MR) is 228 cm³/mol. The number of pyridine rings is 1. The number of carbonyl (C=O) groups excluding carboxylic acids is 2. The lowest BCUT2D eigenvalue weighted by Crippen LogP contribution is -2.61. The Kier molecular flexibility index (Phi) is 9.47. The number of carbonyl (C=O) groups is 2. The number of nitrogens with one attached hydrogen (secondary N) is 3. The van der Waals surface area contributed by atoms with Crippen LogP contribution in [0.15, 0.2) is 79.1 Å². The monoisotopic (exact) mass is 778 g/mol. The van der Waals surface area contributed by atoms with E-state index in [-0.39, 0.29) is 11.9 Å². The minimum atomic E-state index is -0.337. The predicted octanol–water partition coefficient (Wildman–Crippen LogP) is 6.81. The third kappa shape index (κ3) is 7.23. The number of urea groups is 1. The van der Waals surface area contributed by atoms with Crippen molar-refractivity contribution in [3.05, 3.63) is 84.7 Å². The number of likely N-dealkylation sites (tertiary alicyclic amines) is 1. The molecule has 1 spiro atoms. The Labute approximate surface area is 338 Å². The molecule has 4 saturated heterocycles. The smallest absolute Gasteiger partial charge is 0.328 e. The van der Waals surface area contributed by atoms with Crippen molar-refractivity contribution in [1.82, 2.24) is 25.2 Å². The van der Waals surface area contributed by atoms with Gasteiger partial charge in [0, 0.05) is 111 Å². The highest BCUT2D eigenvalue weighted by atomic mass is 16.5. The first kappa shape index (κ1) is 36.4. The average Bonchev–Trinajstić information content (AvgIpc) is 3.24. The van der Waals surface area contributed by atoms with Crippen LogP contribution in [0.5, 0.6) is 5.88 Å². The van der Waals surface area contributed by atoms with Crippen LogP contribution in [0.3, 0.4) is 0 Å². The second-order valence-electron chi connectivity index (χ2n) is 16.7. The summed E-state index contributed by atoms with van der Waals surface area (Å²) in [5.74, 6) is 1.77. The fourth-order valence-corrected chi connectivity index (χ4v) is 9.63. The molecule has 5 aromatic rings. The number of ether oxygens (including phenoxy) is 1. The van der Waals surface area contributed by atoms with Gasteiger partial charge in [0.2, 0.25) is 17.7 Å². The highest BCUT2D eigenvalue weighted by Crippen LogP contribution is 2.42. The van der Waals surface area contributed by atoms with E-state index in [2.05, 4.69) is 102 Å². The molecule has 3 N–H and O–H groups in total. The number of imide groups is 1. The van der Waals surface area contributed by atoms with Crippen molar-refractivity contribution in [2.24, 2.45) is 11.3 Å². The molecule has 2 aromatic heterocycles. The van der Waals surface area contributed by atoms with Crippen LogP contribution in [0.2, 0.25) is 0 Å². The summed E-state index contributed by atoms with van der Waals surface area (Å²) in [6, 6.07) is 22.8. The first-order valence-corrected chi connectivity index (χ1v) is 20.8. The van der Waals surface area contributed by atoms with E-state index >= 15 is 0 Å². The van der Waals surface area contributed by atoms with Crippen molar-refractivity contribution in [1.29, 1.82) is 0 Å². The summed E-state index contributed by atoms with van der Waals surface area (Å²) in [6.07, 6.45) is 8.99. The summed E-state index contributed by atoms with van der Waals surface area (Å²) in [4.78, 5) is 47.1. The van der Waals surface area contributed by atoms with E-state index in [0.29, 0.717) is 36.8 Å². The summed E-state index contributed by atoms with van der Waals surface area (Å²) in [7, 11) is 0. The normalized spacial score (nSPS) is 19.6. The van der Waals surface area contributed by atoms with Gasteiger partial charge in [0.25, 0.3) is 0 Å². The molecular weight excluding hydrogens is 729 g/mol. The number of rotatable bonds is 8. The highest BCUT2D eigenvalue weighted by Gasteiger charge is 2.45. The molecule has 13 nitrogen and oxygen atoms in total. The van der Waals surface area contributed by atoms with Gasteiger partial charge in [0.15, 0.2) is 0 Å². The van der Waals surface area contributed by atoms with Gasteiger partial charge in [-0.25, -0.2) is 19.7 Å². The van der Waals surface area contributed by atoms with Crippen LogP contribution in [0.25, 0.3) is 22.0 Å². The van der Waals surface area contributed by atoms with E-state index in [4.69, 9.17) is 9.72 Å². The van der Waals surface area contributed by atoms with Gasteiger partial charge in [-0.1, -0.05) is 12.1 Å². The Morgan fingerprint density at radius 3 is 2.33 bits per heavy atom. The number of nitrogens with zero attached hydrogens (tertiary/aromatic N) is 7. The van der Waals surface area contributed by atoms with Crippen molar-refractivity contribution >= 4 is 57.2 Å². The zero-order chi connectivity index (χ0) is 39.2. The number of piperidine rings is 2. The van der Waals surface area contributed by atoms with E-state index in [1.165, 1.54) is 56.7 Å². The van der Waals surface area contributed by atoms with Crippen molar-refractivity contribution in [3.8, 4) is 17.0 Å². The fourth-order valence-electron chi connectivity index (χ4n) is 9.63. The largest absolute Gasteiger partial charge is 0.474 e. The zero-order valence-electron chi connectivity index (χ0n) is 33.0. The molecule has 7 heterocycles. The first-order valence-electron chi connectivity index (χ1n) is 20.8. The van der Waals surface area contributed by atoms with E-state index < -0.39 is 0 Å². The highest BCUT2D eigenvalue weighted by molar-refractivity contribution is 6.05. The summed E-state index contributed by atoms with van der Waals surface area (Å²) in [5.41, 5.74) is 9.81. The summed E-state index contributed by atoms with van der Waals surface area (Å²) >= 11 is 0. The van der Waals surface area contributed by atoms with Gasteiger partial charge in [-0.2, -0.15) is 0 Å². The van der Waals surface area contributed by atoms with Gasteiger partial charge in [-0.05, 0) is 110 Å². The van der Waals surface area contributed by atoms with Crippen LogP contribution in [0.1, 0.15) is 37.7 Å². The third-order valence-electron chi connectivity index (χ3n) is 13.0. The van der Waals surface area contributed by atoms with Gasteiger partial charge in [-0.15, -0.1) is 0 Å². The zero-order valence-corrected chi connectivity index (χ0v) is 33.0. The second-order valence-corrected chi connectivity index (χ2v) is 16.7.